The molecule has 0 N–H and O–H groups in total. The molecule has 3 aromatic carbocycles. The number of anilines is 3. The zero-order valence-electron chi connectivity index (χ0n) is 15.4. The molecule has 139 valence electrons. The van der Waals surface area contributed by atoms with Crippen LogP contribution in [0, 0.1) is 0 Å². The largest absolute Gasteiger partial charge is 0.444 e. The third kappa shape index (κ3) is 2.21. The number of hydrogen-bond donors (Lipinski definition) is 0. The van der Waals surface area contributed by atoms with Gasteiger partial charge in [-0.05, 0) is 23.7 Å². The van der Waals surface area contributed by atoms with Crippen molar-refractivity contribution in [1.82, 2.24) is 4.90 Å². The topological polar surface area (TPSA) is 33.6 Å². The lowest BCUT2D eigenvalue weighted by Gasteiger charge is -2.32. The maximum absolute atomic E-state index is 6.35. The van der Waals surface area contributed by atoms with Gasteiger partial charge in [0.2, 0.25) is 0 Å². The van der Waals surface area contributed by atoms with Gasteiger partial charge in [-0.15, -0.1) is 35.3 Å². The van der Waals surface area contributed by atoms with Gasteiger partial charge in [0.1, 0.15) is 0 Å². The average molecular weight is 426 g/mol. The summed E-state index contributed by atoms with van der Waals surface area (Å²) in [7, 11) is 0. The summed E-state index contributed by atoms with van der Waals surface area (Å²) in [4.78, 5) is 5.57. The van der Waals surface area contributed by atoms with E-state index in [-0.39, 0.29) is 0 Å². The van der Waals surface area contributed by atoms with Crippen LogP contribution in [0.5, 0.6) is 34.5 Å². The Kier molecular flexibility index (Phi) is 3.66. The molecule has 0 fully saturated rings. The van der Waals surface area contributed by atoms with Gasteiger partial charge in [0, 0.05) is 51.1 Å². The Morgan fingerprint density at radius 2 is 0.750 bits per heavy atom. The van der Waals surface area contributed by atoms with E-state index >= 15 is 0 Å². The van der Waals surface area contributed by atoms with Gasteiger partial charge in [-0.3, -0.25) is 0 Å². The van der Waals surface area contributed by atoms with E-state index < -0.39 is 0 Å². The van der Waals surface area contributed by atoms with Crippen LogP contribution in [0.3, 0.4) is 0 Å². The van der Waals surface area contributed by atoms with Crippen LogP contribution in [0.2, 0.25) is 0 Å². The van der Waals surface area contributed by atoms with E-state index in [1.54, 1.807) is 35.3 Å². The highest BCUT2D eigenvalue weighted by molar-refractivity contribution is 7.99. The lowest BCUT2D eigenvalue weighted by Crippen LogP contribution is -2.25. The summed E-state index contributed by atoms with van der Waals surface area (Å²) in [6, 6.07) is 12.5. The molecule has 0 unspecified atom stereocenters. The lowest BCUT2D eigenvalue weighted by molar-refractivity contribution is 0.385. The first-order valence-corrected chi connectivity index (χ1v) is 12.4. The summed E-state index contributed by atoms with van der Waals surface area (Å²) < 4.78 is 19.0. The zero-order valence-corrected chi connectivity index (χ0v) is 17.8. The van der Waals surface area contributed by atoms with Crippen molar-refractivity contribution >= 4 is 52.3 Å². The van der Waals surface area contributed by atoms with E-state index in [2.05, 4.69) is 60.1 Å². The van der Waals surface area contributed by atoms with E-state index in [0.29, 0.717) is 0 Å². The van der Waals surface area contributed by atoms with Crippen LogP contribution in [0.1, 0.15) is 0 Å². The molecule has 6 rings (SSSR count). The van der Waals surface area contributed by atoms with Crippen molar-refractivity contribution in [2.75, 3.05) is 18.8 Å². The van der Waals surface area contributed by atoms with Crippen LogP contribution in [0.25, 0.3) is 0 Å². The molecule has 3 aliphatic rings. The van der Waals surface area contributed by atoms with E-state index in [9.17, 15) is 0 Å². The minimum Gasteiger partial charge on any atom is -0.444 e. The van der Waals surface area contributed by atoms with Crippen molar-refractivity contribution in [2.45, 2.75) is 14.7 Å². The number of rotatable bonds is 3. The van der Waals surface area contributed by atoms with Crippen molar-refractivity contribution in [3.8, 4) is 34.5 Å². The Labute approximate surface area is 175 Å². The van der Waals surface area contributed by atoms with Gasteiger partial charge in [0.25, 0.3) is 17.1 Å². The van der Waals surface area contributed by atoms with Crippen LogP contribution in [0.4, 0.5) is 17.1 Å². The van der Waals surface area contributed by atoms with Crippen LogP contribution in [-0.4, -0.2) is 18.8 Å². The SMILES string of the molecule is CSc1cc2c3c(c1)Oc1cc(SC)cc4c1[N+]3c1c(cc(SC)cc1O4)O2. The van der Waals surface area contributed by atoms with Gasteiger partial charge in [-0.2, -0.15) is 0 Å². The smallest absolute Gasteiger partial charge is 0.278 e. The molecular formula is C21H15NO3S3+. The first-order valence-electron chi connectivity index (χ1n) is 8.70. The van der Waals surface area contributed by atoms with Gasteiger partial charge >= 0.3 is 0 Å². The second kappa shape index (κ2) is 6.03. The molecule has 0 aromatic heterocycles. The normalized spacial score (nSPS) is 14.7. The number of hydrogen-bond acceptors (Lipinski definition) is 7. The third-order valence-electron chi connectivity index (χ3n) is 5.08. The predicted molar refractivity (Wildman–Crippen MR) is 116 cm³/mol. The molecule has 3 aliphatic heterocycles. The monoisotopic (exact) mass is 425 g/mol. The first kappa shape index (κ1) is 17.0. The zero-order chi connectivity index (χ0) is 19.0. The quantitative estimate of drug-likeness (QED) is 0.214. The molecule has 0 spiro atoms. The summed E-state index contributed by atoms with van der Waals surface area (Å²) in [6.07, 6.45) is 6.18. The van der Waals surface area contributed by atoms with Crippen molar-refractivity contribution < 1.29 is 14.2 Å². The van der Waals surface area contributed by atoms with Gasteiger partial charge in [-0.25, -0.2) is 0 Å². The highest BCUT2D eigenvalue weighted by Crippen LogP contribution is 2.67. The minimum absolute atomic E-state index is 0.811. The second-order valence-electron chi connectivity index (χ2n) is 6.56. The molecule has 0 amide bonds. The van der Waals surface area contributed by atoms with E-state index in [0.717, 1.165) is 66.2 Å². The molecule has 3 heterocycles. The molecule has 0 saturated carbocycles. The summed E-state index contributed by atoms with van der Waals surface area (Å²) in [5.41, 5.74) is 2.83. The minimum atomic E-state index is 0.811. The average Bonchev–Trinajstić information content (AvgIpc) is 2.72. The molecule has 0 saturated heterocycles. The number of benzene rings is 3. The van der Waals surface area contributed by atoms with E-state index in [1.807, 2.05) is 0 Å². The molecule has 0 aliphatic carbocycles. The van der Waals surface area contributed by atoms with Crippen LogP contribution >= 0.6 is 35.3 Å². The van der Waals surface area contributed by atoms with E-state index in [1.165, 1.54) is 0 Å². The Hall–Kier alpha value is -1.93. The van der Waals surface area contributed by atoms with Crippen LogP contribution in [0.15, 0.2) is 51.1 Å². The van der Waals surface area contributed by atoms with Gasteiger partial charge in [0.05, 0.1) is 0 Å². The molecule has 3 aromatic rings. The van der Waals surface area contributed by atoms with Crippen molar-refractivity contribution in [3.63, 3.8) is 0 Å². The molecule has 7 heteroatoms. The van der Waals surface area contributed by atoms with Crippen molar-refractivity contribution in [1.29, 1.82) is 0 Å². The van der Waals surface area contributed by atoms with E-state index in [4.69, 9.17) is 14.2 Å². The molecule has 1 radical (unpaired) electrons. The number of ether oxygens (including phenoxy) is 3. The van der Waals surface area contributed by atoms with Crippen LogP contribution < -0.4 is 19.1 Å². The van der Waals surface area contributed by atoms with Crippen LogP contribution in [-0.2, 0) is 0 Å². The fourth-order valence-electron chi connectivity index (χ4n) is 3.85. The maximum Gasteiger partial charge on any atom is 0.278 e. The fourth-order valence-corrected chi connectivity index (χ4v) is 5.20. The Bertz CT molecular complexity index is 962. The molecular weight excluding hydrogens is 410 g/mol. The summed E-state index contributed by atoms with van der Waals surface area (Å²) >= 11 is 5.03. The second-order valence-corrected chi connectivity index (χ2v) is 9.20. The Morgan fingerprint density at radius 1 is 0.500 bits per heavy atom. The standard InChI is InChI=1S/C21H15NO3S3/c1-26-10-4-13-19-14(5-10)24-16-7-12(28-3)9-18-21(16)22(19)20-15(23-13)6-11(27-2)8-17(20)25-18/h4-9H,1-3H3/q+1. The number of nitrogens with zero attached hydrogens (tertiary/aromatic N) is 1. The summed E-state index contributed by atoms with van der Waals surface area (Å²) in [5.74, 6) is 4.87. The maximum atomic E-state index is 6.35. The lowest BCUT2D eigenvalue weighted by atomic mass is 10.0. The molecule has 28 heavy (non-hydrogen) atoms. The highest BCUT2D eigenvalue weighted by Gasteiger charge is 2.52. The Balaban J connectivity index is 1.71. The predicted octanol–water partition coefficient (Wildman–Crippen LogP) is 7.60. The molecule has 4 nitrogen and oxygen atoms in total. The summed E-state index contributed by atoms with van der Waals surface area (Å²) in [5, 5.41) is 0. The summed E-state index contributed by atoms with van der Waals surface area (Å²) in [6.45, 7) is 0. The fraction of sp³-hybridized carbons (Fsp3) is 0.143. The first-order chi connectivity index (χ1) is 13.7. The van der Waals surface area contributed by atoms with Gasteiger partial charge < -0.3 is 14.2 Å². The van der Waals surface area contributed by atoms with Gasteiger partial charge in [0.15, 0.2) is 34.5 Å². The van der Waals surface area contributed by atoms with Crippen molar-refractivity contribution in [3.05, 3.63) is 36.4 Å². The highest BCUT2D eigenvalue weighted by atomic mass is 32.2. The molecule has 0 bridgehead atoms. The molecule has 0 atom stereocenters. The number of thioether (sulfide) groups is 3. The Morgan fingerprint density at radius 3 is 0.964 bits per heavy atom. The van der Waals surface area contributed by atoms with Gasteiger partial charge in [-0.1, -0.05) is 0 Å². The van der Waals surface area contributed by atoms with Crippen molar-refractivity contribution in [2.24, 2.45) is 0 Å². The third-order valence-corrected chi connectivity index (χ3v) is 7.20.